The predicted octanol–water partition coefficient (Wildman–Crippen LogP) is 14.7. The average molecular weight is 724 g/mol. The van der Waals surface area contributed by atoms with Crippen LogP contribution in [0.4, 0.5) is 0 Å². The molecule has 0 spiro atoms. The topological polar surface area (TPSA) is 23.4 Å². The van der Waals surface area contributed by atoms with E-state index in [0.29, 0.717) is 5.75 Å². The van der Waals surface area contributed by atoms with Crippen molar-refractivity contribution in [3.8, 4) is 62.1 Å². The first-order valence-electron chi connectivity index (χ1n) is 18.8. The van der Waals surface area contributed by atoms with E-state index >= 15 is 0 Å². The highest BCUT2D eigenvalue weighted by Crippen LogP contribution is 2.51. The number of hydrogen-bond donors (Lipinski definition) is 0. The molecule has 2 aromatic heterocycles. The van der Waals surface area contributed by atoms with Gasteiger partial charge in [-0.05, 0) is 99.1 Å². The van der Waals surface area contributed by atoms with E-state index in [0.717, 1.165) is 39.4 Å². The highest BCUT2D eigenvalue weighted by molar-refractivity contribution is 7.26. The number of hydrogen-bond acceptors (Lipinski definition) is 3. The number of nitrogens with zero attached hydrogens (tertiary/aromatic N) is 1. The Labute approximate surface area is 322 Å². The molecule has 4 heteroatoms. The fourth-order valence-electron chi connectivity index (χ4n) is 9.19. The lowest BCUT2D eigenvalue weighted by Crippen LogP contribution is -2.14. The Balaban J connectivity index is 1.13. The first-order valence-corrected chi connectivity index (χ1v) is 19.6. The summed E-state index contributed by atoms with van der Waals surface area (Å²) in [5.74, 6) is 2.88. The summed E-state index contributed by atoms with van der Waals surface area (Å²) in [5, 5.41) is 4.88. The largest absolute Gasteiger partial charge is 0.449 e. The predicted molar refractivity (Wildman–Crippen MR) is 229 cm³/mol. The second-order valence-corrected chi connectivity index (χ2v) is 16.4. The molecule has 3 heterocycles. The zero-order valence-electron chi connectivity index (χ0n) is 30.3. The van der Waals surface area contributed by atoms with Gasteiger partial charge in [0, 0.05) is 48.1 Å². The summed E-state index contributed by atoms with van der Waals surface area (Å²) in [5.41, 5.74) is 13.4. The van der Waals surface area contributed by atoms with Gasteiger partial charge in [0.15, 0.2) is 23.0 Å². The van der Waals surface area contributed by atoms with Crippen LogP contribution in [0.2, 0.25) is 0 Å². The van der Waals surface area contributed by atoms with Crippen LogP contribution in [-0.2, 0) is 5.41 Å². The highest BCUT2D eigenvalue weighted by atomic mass is 32.1. The zero-order chi connectivity index (χ0) is 36.4. The Bertz CT molecular complexity index is 3250. The van der Waals surface area contributed by atoms with Crippen molar-refractivity contribution < 1.29 is 9.47 Å². The van der Waals surface area contributed by atoms with Crippen LogP contribution in [0.15, 0.2) is 164 Å². The molecule has 0 N–H and O–H groups in total. The van der Waals surface area contributed by atoms with Crippen LogP contribution in [-0.4, -0.2) is 4.57 Å². The molecule has 1 aliphatic carbocycles. The summed E-state index contributed by atoms with van der Waals surface area (Å²) < 4.78 is 17.9. The molecular formula is C51H33NO2S. The lowest BCUT2D eigenvalue weighted by atomic mass is 9.81. The van der Waals surface area contributed by atoms with Crippen molar-refractivity contribution in [1.82, 2.24) is 4.57 Å². The van der Waals surface area contributed by atoms with Gasteiger partial charge in [-0.3, -0.25) is 0 Å². The van der Waals surface area contributed by atoms with Crippen LogP contribution >= 0.6 is 11.3 Å². The van der Waals surface area contributed by atoms with Crippen LogP contribution in [0.5, 0.6) is 23.0 Å². The van der Waals surface area contributed by atoms with E-state index in [2.05, 4.69) is 158 Å². The Morgan fingerprint density at radius 3 is 1.98 bits per heavy atom. The summed E-state index contributed by atoms with van der Waals surface area (Å²) in [6, 6.07) is 59.4. The zero-order valence-corrected chi connectivity index (χ0v) is 31.1. The maximum Gasteiger partial charge on any atom is 0.172 e. The fourth-order valence-corrected chi connectivity index (χ4v) is 10.4. The van der Waals surface area contributed by atoms with Gasteiger partial charge in [-0.25, -0.2) is 0 Å². The van der Waals surface area contributed by atoms with Crippen molar-refractivity contribution in [3.63, 3.8) is 0 Å². The molecule has 0 saturated carbocycles. The number of thiophene rings is 1. The summed E-state index contributed by atoms with van der Waals surface area (Å²) in [4.78, 5) is 0. The summed E-state index contributed by atoms with van der Waals surface area (Å²) in [7, 11) is 0. The van der Waals surface area contributed by atoms with Gasteiger partial charge < -0.3 is 14.0 Å². The molecule has 55 heavy (non-hydrogen) atoms. The minimum Gasteiger partial charge on any atom is -0.449 e. The van der Waals surface area contributed by atoms with Gasteiger partial charge in [-0.2, -0.15) is 0 Å². The molecule has 0 bridgehead atoms. The maximum absolute atomic E-state index is 6.49. The van der Waals surface area contributed by atoms with E-state index in [9.17, 15) is 0 Å². The number of benzene rings is 8. The smallest absolute Gasteiger partial charge is 0.172 e. The van der Waals surface area contributed by atoms with Crippen molar-refractivity contribution in [3.05, 3.63) is 175 Å². The van der Waals surface area contributed by atoms with Gasteiger partial charge in [0.25, 0.3) is 0 Å². The third-order valence-corrected chi connectivity index (χ3v) is 13.1. The average Bonchev–Trinajstić information content (AvgIpc) is 3.84. The third-order valence-electron chi connectivity index (χ3n) is 11.8. The molecule has 10 aromatic rings. The van der Waals surface area contributed by atoms with E-state index < -0.39 is 0 Å². The molecule has 8 aromatic carbocycles. The first kappa shape index (κ1) is 30.8. The number of para-hydroxylation sites is 3. The second kappa shape index (κ2) is 11.2. The number of rotatable bonds is 3. The van der Waals surface area contributed by atoms with Crippen molar-refractivity contribution in [1.29, 1.82) is 0 Å². The van der Waals surface area contributed by atoms with Gasteiger partial charge in [0.1, 0.15) is 0 Å². The van der Waals surface area contributed by atoms with Crippen LogP contribution in [0.1, 0.15) is 25.0 Å². The monoisotopic (exact) mass is 723 g/mol. The van der Waals surface area contributed by atoms with Gasteiger partial charge in [0.05, 0.1) is 11.0 Å². The molecule has 12 rings (SSSR count). The van der Waals surface area contributed by atoms with Crippen LogP contribution in [0.3, 0.4) is 0 Å². The molecule has 260 valence electrons. The maximum atomic E-state index is 6.49. The number of fused-ring (bicyclic) bond motifs is 11. The van der Waals surface area contributed by atoms with E-state index in [1.165, 1.54) is 70.1 Å². The molecule has 0 atom stereocenters. The molecule has 0 amide bonds. The van der Waals surface area contributed by atoms with Gasteiger partial charge in [-0.15, -0.1) is 11.3 Å². The van der Waals surface area contributed by atoms with Crippen molar-refractivity contribution in [2.75, 3.05) is 0 Å². The summed E-state index contributed by atoms with van der Waals surface area (Å²) >= 11 is 1.87. The first-order chi connectivity index (χ1) is 27.0. The molecular weight excluding hydrogens is 691 g/mol. The van der Waals surface area contributed by atoms with E-state index in [4.69, 9.17) is 9.47 Å². The van der Waals surface area contributed by atoms with Crippen molar-refractivity contribution in [2.24, 2.45) is 0 Å². The second-order valence-electron chi connectivity index (χ2n) is 15.3. The normalized spacial score (nSPS) is 13.7. The molecule has 0 radical (unpaired) electrons. The third kappa shape index (κ3) is 4.43. The molecule has 1 aliphatic heterocycles. The van der Waals surface area contributed by atoms with Crippen molar-refractivity contribution >= 4 is 53.3 Å². The molecule has 3 nitrogen and oxygen atoms in total. The summed E-state index contributed by atoms with van der Waals surface area (Å²) in [6.07, 6.45) is 0. The van der Waals surface area contributed by atoms with Crippen LogP contribution < -0.4 is 9.47 Å². The lowest BCUT2D eigenvalue weighted by Gasteiger charge is -2.22. The Morgan fingerprint density at radius 2 is 1.11 bits per heavy atom. The summed E-state index contributed by atoms with van der Waals surface area (Å²) in [6.45, 7) is 4.71. The lowest BCUT2D eigenvalue weighted by molar-refractivity contribution is 0.360. The van der Waals surface area contributed by atoms with Crippen LogP contribution in [0.25, 0.3) is 81.0 Å². The standard InChI is InChI=1S/C51H33NO2S/c1-51(2)41-17-6-3-12-35(41)36-23-22-30(27-42(36)51)31-24-32(34-15-11-16-39-38-14-5-10-21-49(38)55-50(34)39)26-33(25-31)52-43-18-7-4-13-37(43)40-28-47-48(29-44(40)52)54-46-20-9-8-19-45(46)53-47/h3-29H,1-2H3. The van der Waals surface area contributed by atoms with Gasteiger partial charge in [-0.1, -0.05) is 117 Å². The van der Waals surface area contributed by atoms with Gasteiger partial charge in [0.2, 0.25) is 0 Å². The molecule has 0 fully saturated rings. The van der Waals surface area contributed by atoms with E-state index in [1.807, 2.05) is 35.6 Å². The molecule has 0 saturated heterocycles. The Hall–Kier alpha value is -6.62. The quantitative estimate of drug-likeness (QED) is 0.181. The Morgan fingerprint density at radius 1 is 0.436 bits per heavy atom. The minimum atomic E-state index is -0.0995. The Kier molecular flexibility index (Phi) is 6.27. The molecule has 0 unspecified atom stereocenters. The minimum absolute atomic E-state index is 0.0995. The van der Waals surface area contributed by atoms with Crippen LogP contribution in [0, 0.1) is 0 Å². The molecule has 2 aliphatic rings. The van der Waals surface area contributed by atoms with E-state index in [-0.39, 0.29) is 5.41 Å². The highest BCUT2D eigenvalue weighted by Gasteiger charge is 2.35. The SMILES string of the molecule is CC1(C)c2ccccc2-c2ccc(-c3cc(-c4cccc5c4sc4ccccc45)cc(-n4c5ccccc5c5cc6c(cc54)Oc4ccccc4O6)c3)cc21. The number of aromatic nitrogens is 1. The van der Waals surface area contributed by atoms with Crippen molar-refractivity contribution in [2.45, 2.75) is 19.3 Å². The van der Waals surface area contributed by atoms with Gasteiger partial charge >= 0.3 is 0 Å². The van der Waals surface area contributed by atoms with E-state index in [1.54, 1.807) is 0 Å². The number of ether oxygens (including phenoxy) is 2. The fraction of sp³-hybridized carbons (Fsp3) is 0.0588.